The number of nitrogens with zero attached hydrogens (tertiary/aromatic N) is 3. The van der Waals surface area contributed by atoms with E-state index in [2.05, 4.69) is 5.32 Å². The third kappa shape index (κ3) is 5.84. The summed E-state index contributed by atoms with van der Waals surface area (Å²) in [6.45, 7) is -0.789. The maximum Gasteiger partial charge on any atom is 0.305 e. The summed E-state index contributed by atoms with van der Waals surface area (Å²) in [4.78, 5) is 34.8. The smallest absolute Gasteiger partial charge is 0.305 e. The average Bonchev–Trinajstić information content (AvgIpc) is 3.26. The van der Waals surface area contributed by atoms with E-state index in [1.165, 1.54) is 12.1 Å². The third-order valence-electron chi connectivity index (χ3n) is 5.35. The van der Waals surface area contributed by atoms with Crippen LogP contribution in [0.15, 0.2) is 53.4 Å². The quantitative estimate of drug-likeness (QED) is 0.338. The van der Waals surface area contributed by atoms with Crippen molar-refractivity contribution in [3.63, 3.8) is 0 Å². The molecule has 2 unspecified atom stereocenters. The zero-order valence-corrected chi connectivity index (χ0v) is 20.3. The summed E-state index contributed by atoms with van der Waals surface area (Å²) in [6.07, 6.45) is -1.88. The van der Waals surface area contributed by atoms with Gasteiger partial charge in [0.25, 0.3) is 11.6 Å². The van der Waals surface area contributed by atoms with E-state index in [0.717, 1.165) is 42.7 Å². The second-order valence-corrected chi connectivity index (χ2v) is 11.7. The molecule has 0 bridgehead atoms. The number of hydrogen-bond acceptors (Lipinski definition) is 8. The second-order valence-electron chi connectivity index (χ2n) is 7.83. The number of sulfonamides is 2. The van der Waals surface area contributed by atoms with E-state index in [1.807, 2.05) is 0 Å². The summed E-state index contributed by atoms with van der Waals surface area (Å²) in [5.41, 5.74) is -0.340. The first-order valence-electron chi connectivity index (χ1n) is 10.2. The number of non-ortho nitro benzene ring substituents is 1. The zero-order chi connectivity index (χ0) is 26.8. The Balaban J connectivity index is 2.02. The highest BCUT2D eigenvalue weighted by molar-refractivity contribution is 7.89. The number of benzene rings is 2. The molecule has 2 N–H and O–H groups in total. The molecule has 3 rings (SSSR count). The molecule has 36 heavy (non-hydrogen) atoms. The molecule has 1 aliphatic rings. The number of aliphatic carboxylic acids is 1. The van der Waals surface area contributed by atoms with Gasteiger partial charge in [0.2, 0.25) is 20.0 Å². The van der Waals surface area contributed by atoms with Gasteiger partial charge in [-0.05, 0) is 29.8 Å². The standard InChI is InChI=1S/C20H21FN4O9S2/c1-35(31,32)23-9-10-24(36(33,34)16-7-5-14(21)6-8-16)20(23)19(28)22-17(12-18(26)27)13-3-2-4-15(11-13)25(29)30/h2-8,11,17,20H,9-10,12H2,1H3,(H,22,28)(H,26,27). The fraction of sp³-hybridized carbons (Fsp3) is 0.300. The van der Waals surface area contributed by atoms with Crippen molar-refractivity contribution in [1.82, 2.24) is 13.9 Å². The van der Waals surface area contributed by atoms with E-state index in [1.54, 1.807) is 0 Å². The Morgan fingerprint density at radius 2 is 1.75 bits per heavy atom. The predicted octanol–water partition coefficient (Wildman–Crippen LogP) is 0.658. The van der Waals surface area contributed by atoms with E-state index in [-0.39, 0.29) is 17.8 Å². The lowest BCUT2D eigenvalue weighted by molar-refractivity contribution is -0.384. The van der Waals surface area contributed by atoms with Crippen LogP contribution in [0.1, 0.15) is 18.0 Å². The second kappa shape index (κ2) is 10.3. The maximum absolute atomic E-state index is 13.3. The van der Waals surface area contributed by atoms with Gasteiger partial charge in [-0.3, -0.25) is 19.7 Å². The number of rotatable bonds is 9. The first-order chi connectivity index (χ1) is 16.7. The van der Waals surface area contributed by atoms with Crippen LogP contribution in [0.2, 0.25) is 0 Å². The lowest BCUT2D eigenvalue weighted by Gasteiger charge is -2.29. The summed E-state index contributed by atoms with van der Waals surface area (Å²) in [6, 6.07) is 7.14. The molecule has 1 fully saturated rings. The molecule has 1 aliphatic heterocycles. The number of carboxylic acid groups (broad SMARTS) is 1. The van der Waals surface area contributed by atoms with Gasteiger partial charge in [-0.1, -0.05) is 12.1 Å². The van der Waals surface area contributed by atoms with Gasteiger partial charge in [0.05, 0.1) is 28.5 Å². The maximum atomic E-state index is 13.3. The Kier molecular flexibility index (Phi) is 7.73. The Labute approximate surface area is 205 Å². The fourth-order valence-electron chi connectivity index (χ4n) is 3.72. The summed E-state index contributed by atoms with van der Waals surface area (Å²) < 4.78 is 65.7. The molecule has 0 aliphatic carbocycles. The van der Waals surface area contributed by atoms with Crippen LogP contribution in [-0.4, -0.2) is 72.9 Å². The normalized spacial score (nSPS) is 18.0. The lowest BCUT2D eigenvalue weighted by atomic mass is 10.0. The molecule has 0 spiro atoms. The van der Waals surface area contributed by atoms with Crippen LogP contribution >= 0.6 is 0 Å². The minimum atomic E-state index is -4.49. The minimum Gasteiger partial charge on any atom is -0.481 e. The molecule has 0 saturated carbocycles. The molecule has 2 atom stereocenters. The molecule has 194 valence electrons. The van der Waals surface area contributed by atoms with Crippen molar-refractivity contribution in [3.8, 4) is 0 Å². The summed E-state index contributed by atoms with van der Waals surface area (Å²) in [7, 11) is -8.61. The zero-order valence-electron chi connectivity index (χ0n) is 18.6. The molecule has 2 aromatic rings. The van der Waals surface area contributed by atoms with Crippen LogP contribution in [0.4, 0.5) is 10.1 Å². The van der Waals surface area contributed by atoms with Gasteiger partial charge in [-0.2, -0.15) is 8.61 Å². The SMILES string of the molecule is CS(=O)(=O)N1CCN(S(=O)(=O)c2ccc(F)cc2)C1C(=O)NC(CC(=O)O)c1cccc([N+](=O)[O-])c1. The number of nitrogens with one attached hydrogen (secondary N) is 1. The largest absolute Gasteiger partial charge is 0.481 e. The van der Waals surface area contributed by atoms with Crippen LogP contribution in [0.25, 0.3) is 0 Å². The van der Waals surface area contributed by atoms with Crippen molar-refractivity contribution in [1.29, 1.82) is 0 Å². The number of hydrogen-bond donors (Lipinski definition) is 2. The Morgan fingerprint density at radius 1 is 1.14 bits per heavy atom. The highest BCUT2D eigenvalue weighted by Gasteiger charge is 2.48. The summed E-state index contributed by atoms with van der Waals surface area (Å²) >= 11 is 0. The van der Waals surface area contributed by atoms with Gasteiger partial charge >= 0.3 is 5.97 Å². The first kappa shape index (κ1) is 27.1. The number of carbonyl (C=O) groups excluding carboxylic acids is 1. The lowest BCUT2D eigenvalue weighted by Crippen LogP contribution is -2.54. The molecule has 16 heteroatoms. The van der Waals surface area contributed by atoms with E-state index in [4.69, 9.17) is 0 Å². The molecular weight excluding hydrogens is 523 g/mol. The Bertz CT molecular complexity index is 1400. The minimum absolute atomic E-state index is 0.0387. The van der Waals surface area contributed by atoms with Crippen LogP contribution < -0.4 is 5.32 Å². The Hall–Kier alpha value is -3.47. The molecule has 1 saturated heterocycles. The van der Waals surface area contributed by atoms with E-state index in [9.17, 15) is 46.0 Å². The van der Waals surface area contributed by atoms with Gasteiger partial charge < -0.3 is 10.4 Å². The van der Waals surface area contributed by atoms with E-state index < -0.39 is 72.7 Å². The molecule has 2 aromatic carbocycles. The van der Waals surface area contributed by atoms with Gasteiger partial charge in [0.15, 0.2) is 6.17 Å². The number of nitro benzene ring substituents is 1. The number of amides is 1. The molecule has 13 nitrogen and oxygen atoms in total. The molecule has 1 heterocycles. The van der Waals surface area contributed by atoms with Crippen molar-refractivity contribution in [2.75, 3.05) is 19.3 Å². The molecule has 0 aromatic heterocycles. The average molecular weight is 545 g/mol. The van der Waals surface area contributed by atoms with Crippen LogP contribution in [0, 0.1) is 15.9 Å². The first-order valence-corrected chi connectivity index (χ1v) is 13.5. The molecular formula is C20H21FN4O9S2. The van der Waals surface area contributed by atoms with Crippen molar-refractivity contribution < 1.29 is 40.8 Å². The highest BCUT2D eigenvalue weighted by atomic mass is 32.2. The number of nitro groups is 1. The van der Waals surface area contributed by atoms with Crippen LogP contribution in [0.5, 0.6) is 0 Å². The van der Waals surface area contributed by atoms with Crippen molar-refractivity contribution in [2.24, 2.45) is 0 Å². The topological polar surface area (TPSA) is 184 Å². The monoisotopic (exact) mass is 544 g/mol. The van der Waals surface area contributed by atoms with Gasteiger partial charge in [0.1, 0.15) is 5.82 Å². The predicted molar refractivity (Wildman–Crippen MR) is 122 cm³/mol. The molecule has 0 radical (unpaired) electrons. The van der Waals surface area contributed by atoms with Crippen LogP contribution in [-0.2, 0) is 29.6 Å². The van der Waals surface area contributed by atoms with E-state index >= 15 is 0 Å². The van der Waals surface area contributed by atoms with E-state index in [0.29, 0.717) is 8.61 Å². The fourth-order valence-corrected chi connectivity index (χ4v) is 6.31. The van der Waals surface area contributed by atoms with Gasteiger partial charge in [0, 0.05) is 25.2 Å². The van der Waals surface area contributed by atoms with Gasteiger partial charge in [-0.15, -0.1) is 0 Å². The van der Waals surface area contributed by atoms with Crippen molar-refractivity contribution in [3.05, 3.63) is 70.0 Å². The summed E-state index contributed by atoms with van der Waals surface area (Å²) in [5.74, 6) is -3.26. The summed E-state index contributed by atoms with van der Waals surface area (Å²) in [5, 5.41) is 22.8. The van der Waals surface area contributed by atoms with Crippen molar-refractivity contribution >= 4 is 37.6 Å². The third-order valence-corrected chi connectivity index (χ3v) is 8.45. The highest BCUT2D eigenvalue weighted by Crippen LogP contribution is 2.28. The number of halogens is 1. The number of carbonyl (C=O) groups is 2. The van der Waals surface area contributed by atoms with Crippen LogP contribution in [0.3, 0.4) is 0 Å². The van der Waals surface area contributed by atoms with Crippen molar-refractivity contribution in [2.45, 2.75) is 23.5 Å². The number of carboxylic acids is 1. The van der Waals surface area contributed by atoms with Gasteiger partial charge in [-0.25, -0.2) is 21.2 Å². The Morgan fingerprint density at radius 3 is 2.31 bits per heavy atom. The molecule has 1 amide bonds.